The Morgan fingerprint density at radius 2 is 0.583 bits per heavy atom. The molecule has 0 aliphatic heterocycles. The van der Waals surface area contributed by atoms with E-state index >= 15 is 0 Å². The molecule has 0 radical (unpaired) electrons. The van der Waals surface area contributed by atoms with Crippen LogP contribution in [-0.2, 0) is 42.6 Å². The normalized spacial score (nSPS) is 12.0. The van der Waals surface area contributed by atoms with E-state index in [4.69, 9.17) is 59.8 Å². The monoisotopic (exact) mass is 527 g/mol. The van der Waals surface area contributed by atoms with E-state index in [-0.39, 0.29) is 5.41 Å². The zero-order chi connectivity index (χ0) is 26.4. The van der Waals surface area contributed by atoms with E-state index in [0.717, 1.165) is 6.42 Å². The molecule has 0 aromatic heterocycles. The molecule has 0 aromatic rings. The minimum atomic E-state index is -0.279. The van der Waals surface area contributed by atoms with Gasteiger partial charge in [0.25, 0.3) is 0 Å². The molecule has 0 heterocycles. The number of hydrogen-bond acceptors (Lipinski definition) is 12. The first kappa shape index (κ1) is 35.5. The van der Waals surface area contributed by atoms with Crippen LogP contribution in [0.5, 0.6) is 0 Å². The van der Waals surface area contributed by atoms with Crippen molar-refractivity contribution in [2.75, 3.05) is 139 Å². The summed E-state index contributed by atoms with van der Waals surface area (Å²) >= 11 is 0. The van der Waals surface area contributed by atoms with Crippen LogP contribution in [0.4, 0.5) is 0 Å². The Bertz CT molecular complexity index is 371. The van der Waals surface area contributed by atoms with Crippen LogP contribution >= 0.6 is 0 Å². The molecular weight excluding hydrogens is 474 g/mol. The number of rotatable bonds is 31. The van der Waals surface area contributed by atoms with Gasteiger partial charge in [-0.2, -0.15) is 0 Å². The van der Waals surface area contributed by atoms with Gasteiger partial charge in [-0.15, -0.1) is 0 Å². The van der Waals surface area contributed by atoms with Gasteiger partial charge in [-0.3, -0.25) is 0 Å². The molecule has 0 amide bonds. The molecule has 0 rings (SSSR count). The highest BCUT2D eigenvalue weighted by Gasteiger charge is 2.29. The SMILES string of the molecule is CCC(COCCOCCOCCN)(COCCOCCOCCN)COCCOCCOCCN. The number of hydrogen-bond donors (Lipinski definition) is 3. The lowest BCUT2D eigenvalue weighted by Crippen LogP contribution is -2.38. The molecule has 0 fully saturated rings. The van der Waals surface area contributed by atoms with Crippen LogP contribution in [0.25, 0.3) is 0 Å². The molecule has 0 aliphatic carbocycles. The van der Waals surface area contributed by atoms with Gasteiger partial charge in [-0.1, -0.05) is 6.92 Å². The minimum absolute atomic E-state index is 0.279. The van der Waals surface area contributed by atoms with Crippen molar-refractivity contribution < 1.29 is 42.6 Å². The average molecular weight is 528 g/mol. The van der Waals surface area contributed by atoms with Crippen molar-refractivity contribution in [3.63, 3.8) is 0 Å². The van der Waals surface area contributed by atoms with E-state index in [1.165, 1.54) is 0 Å². The summed E-state index contributed by atoms with van der Waals surface area (Å²) in [7, 11) is 0. The summed E-state index contributed by atoms with van der Waals surface area (Å²) in [4.78, 5) is 0. The molecule has 36 heavy (non-hydrogen) atoms. The Hall–Kier alpha value is -0.480. The topological polar surface area (TPSA) is 161 Å². The predicted octanol–water partition coefficient (Wildman–Crippen LogP) is -0.592. The van der Waals surface area contributed by atoms with Crippen LogP contribution in [0.1, 0.15) is 13.3 Å². The van der Waals surface area contributed by atoms with E-state index < -0.39 is 0 Å². The number of ether oxygens (including phenoxy) is 9. The first-order valence-corrected chi connectivity index (χ1v) is 13.0. The largest absolute Gasteiger partial charge is 0.378 e. The molecule has 12 heteroatoms. The van der Waals surface area contributed by atoms with Crippen LogP contribution in [-0.4, -0.2) is 139 Å². The Balaban J connectivity index is 4.22. The van der Waals surface area contributed by atoms with Crippen molar-refractivity contribution in [1.29, 1.82) is 0 Å². The van der Waals surface area contributed by atoms with Gasteiger partial charge >= 0.3 is 0 Å². The fourth-order valence-corrected chi connectivity index (χ4v) is 2.87. The summed E-state index contributed by atoms with van der Waals surface area (Å²) < 4.78 is 50.2. The molecule has 0 unspecified atom stereocenters. The molecule has 0 atom stereocenters. The zero-order valence-electron chi connectivity index (χ0n) is 22.5. The highest BCUT2D eigenvalue weighted by molar-refractivity contribution is 4.77. The van der Waals surface area contributed by atoms with E-state index in [2.05, 4.69) is 6.92 Å². The summed E-state index contributed by atoms with van der Waals surface area (Å²) in [6, 6.07) is 0. The van der Waals surface area contributed by atoms with Gasteiger partial charge in [-0.05, 0) is 6.42 Å². The van der Waals surface area contributed by atoms with Gasteiger partial charge in [-0.25, -0.2) is 0 Å². The zero-order valence-corrected chi connectivity index (χ0v) is 22.5. The molecule has 0 aliphatic rings. The van der Waals surface area contributed by atoms with Gasteiger partial charge in [0.1, 0.15) is 0 Å². The third kappa shape index (κ3) is 23.9. The van der Waals surface area contributed by atoms with E-state index in [1.54, 1.807) is 0 Å². The highest BCUT2D eigenvalue weighted by Crippen LogP contribution is 2.24. The Morgan fingerprint density at radius 3 is 0.806 bits per heavy atom. The first-order chi connectivity index (χ1) is 17.7. The van der Waals surface area contributed by atoms with Gasteiger partial charge in [0.2, 0.25) is 0 Å². The van der Waals surface area contributed by atoms with E-state index in [9.17, 15) is 0 Å². The molecular formula is C24H53N3O9. The smallest absolute Gasteiger partial charge is 0.0701 e. The molecule has 0 saturated heterocycles. The fourth-order valence-electron chi connectivity index (χ4n) is 2.87. The maximum absolute atomic E-state index is 5.92. The Labute approximate surface area is 217 Å². The highest BCUT2D eigenvalue weighted by atomic mass is 16.6. The molecule has 0 spiro atoms. The van der Waals surface area contributed by atoms with Crippen LogP contribution < -0.4 is 17.2 Å². The second kappa shape index (κ2) is 29.1. The lowest BCUT2D eigenvalue weighted by molar-refractivity contribution is -0.0916. The average Bonchev–Trinajstić information content (AvgIpc) is 2.89. The predicted molar refractivity (Wildman–Crippen MR) is 137 cm³/mol. The van der Waals surface area contributed by atoms with Crippen molar-refractivity contribution in [2.45, 2.75) is 13.3 Å². The van der Waals surface area contributed by atoms with Gasteiger partial charge < -0.3 is 59.8 Å². The van der Waals surface area contributed by atoms with Crippen molar-refractivity contribution in [2.24, 2.45) is 22.6 Å². The summed E-state index contributed by atoms with van der Waals surface area (Å²) in [6.45, 7) is 12.8. The second-order valence-corrected chi connectivity index (χ2v) is 8.05. The summed E-state index contributed by atoms with van der Waals surface area (Å²) in [6.07, 6.45) is 0.836. The van der Waals surface area contributed by atoms with Crippen LogP contribution in [0.2, 0.25) is 0 Å². The van der Waals surface area contributed by atoms with Gasteiger partial charge in [0.15, 0.2) is 0 Å². The third-order valence-corrected chi connectivity index (χ3v) is 4.99. The molecule has 0 saturated carbocycles. The van der Waals surface area contributed by atoms with Crippen molar-refractivity contribution >= 4 is 0 Å². The molecule has 218 valence electrons. The van der Waals surface area contributed by atoms with E-state index in [1.807, 2.05) is 0 Å². The Kier molecular flexibility index (Phi) is 28.7. The van der Waals surface area contributed by atoms with Crippen LogP contribution in [0, 0.1) is 5.41 Å². The Morgan fingerprint density at radius 1 is 0.361 bits per heavy atom. The van der Waals surface area contributed by atoms with Crippen LogP contribution in [0.15, 0.2) is 0 Å². The van der Waals surface area contributed by atoms with Crippen molar-refractivity contribution in [3.05, 3.63) is 0 Å². The maximum atomic E-state index is 5.92. The first-order valence-electron chi connectivity index (χ1n) is 13.0. The summed E-state index contributed by atoms with van der Waals surface area (Å²) in [5.41, 5.74) is 15.9. The van der Waals surface area contributed by atoms with Gasteiger partial charge in [0.05, 0.1) is 119 Å². The summed E-state index contributed by atoms with van der Waals surface area (Å²) in [5, 5.41) is 0. The summed E-state index contributed by atoms with van der Waals surface area (Å²) in [5.74, 6) is 0. The van der Waals surface area contributed by atoms with E-state index in [0.29, 0.717) is 139 Å². The lowest BCUT2D eigenvalue weighted by atomic mass is 9.88. The van der Waals surface area contributed by atoms with Crippen LogP contribution in [0.3, 0.4) is 0 Å². The van der Waals surface area contributed by atoms with Crippen molar-refractivity contribution in [3.8, 4) is 0 Å². The second-order valence-electron chi connectivity index (χ2n) is 8.05. The van der Waals surface area contributed by atoms with Gasteiger partial charge in [0, 0.05) is 25.0 Å². The molecule has 0 aromatic carbocycles. The molecule has 12 nitrogen and oxygen atoms in total. The van der Waals surface area contributed by atoms with Crippen molar-refractivity contribution in [1.82, 2.24) is 0 Å². The number of nitrogens with two attached hydrogens (primary N) is 3. The maximum Gasteiger partial charge on any atom is 0.0701 e. The third-order valence-electron chi connectivity index (χ3n) is 4.99. The standard InChI is InChI=1S/C24H53N3O9/c1-2-24(21-34-18-15-31-12-9-28-6-3-25,22-35-19-16-32-13-10-29-7-4-26)23-36-20-17-33-14-11-30-8-5-27/h2-23,25-27H2,1H3. The molecule has 0 bridgehead atoms. The minimum Gasteiger partial charge on any atom is -0.378 e. The lowest BCUT2D eigenvalue weighted by Gasteiger charge is -2.32. The fraction of sp³-hybridized carbons (Fsp3) is 1.00. The molecule has 6 N–H and O–H groups in total. The quantitative estimate of drug-likeness (QED) is 0.0984.